The topological polar surface area (TPSA) is 72.8 Å². The number of rotatable bonds is 4. The molecule has 0 spiro atoms. The zero-order valence-corrected chi connectivity index (χ0v) is 17.2. The van der Waals surface area contributed by atoms with Crippen LogP contribution in [0.1, 0.15) is 24.0 Å². The van der Waals surface area contributed by atoms with Crippen molar-refractivity contribution in [1.82, 2.24) is 9.97 Å². The molecule has 0 radical (unpaired) electrons. The lowest BCUT2D eigenvalue weighted by atomic mass is 9.97. The molecule has 2 aliphatic heterocycles. The van der Waals surface area contributed by atoms with Crippen molar-refractivity contribution in [1.29, 1.82) is 0 Å². The molecule has 4 rings (SSSR count). The van der Waals surface area contributed by atoms with E-state index in [-0.39, 0.29) is 5.92 Å². The van der Waals surface area contributed by atoms with Crippen molar-refractivity contribution in [2.24, 2.45) is 5.92 Å². The lowest BCUT2D eigenvalue weighted by Crippen LogP contribution is -2.47. The van der Waals surface area contributed by atoms with Crippen molar-refractivity contribution >= 4 is 23.4 Å². The van der Waals surface area contributed by atoms with Crippen molar-refractivity contribution in [3.63, 3.8) is 0 Å². The third-order valence-corrected chi connectivity index (χ3v) is 6.28. The maximum absolute atomic E-state index is 11.2. The third-order valence-electron chi connectivity index (χ3n) is 6.28. The molecular formula is C22H29N5O2. The average molecular weight is 396 g/mol. The van der Waals surface area contributed by atoms with Crippen molar-refractivity contribution in [3.05, 3.63) is 41.6 Å². The second kappa shape index (κ2) is 8.27. The fourth-order valence-corrected chi connectivity index (χ4v) is 4.25. The number of piperazine rings is 1. The SMILES string of the molecule is Cc1cccc(N2CCN(c3nccc(N4CCC(C(=O)O)CC4)n3)CC2)c1C. The Bertz CT molecular complexity index is 871. The van der Waals surface area contributed by atoms with E-state index in [1.807, 2.05) is 12.3 Å². The first-order chi connectivity index (χ1) is 14.0. The summed E-state index contributed by atoms with van der Waals surface area (Å²) < 4.78 is 0. The summed E-state index contributed by atoms with van der Waals surface area (Å²) in [6.07, 6.45) is 3.16. The van der Waals surface area contributed by atoms with Crippen LogP contribution in [0.4, 0.5) is 17.5 Å². The zero-order valence-electron chi connectivity index (χ0n) is 17.2. The first-order valence-corrected chi connectivity index (χ1v) is 10.4. The molecular weight excluding hydrogens is 366 g/mol. The van der Waals surface area contributed by atoms with E-state index in [0.29, 0.717) is 12.8 Å². The Morgan fingerprint density at radius 2 is 1.66 bits per heavy atom. The highest BCUT2D eigenvalue weighted by atomic mass is 16.4. The first-order valence-electron chi connectivity index (χ1n) is 10.4. The number of nitrogens with zero attached hydrogens (tertiary/aromatic N) is 5. The highest BCUT2D eigenvalue weighted by Gasteiger charge is 2.26. The number of benzene rings is 1. The number of anilines is 3. The Labute approximate surface area is 172 Å². The minimum Gasteiger partial charge on any atom is -0.481 e. The Morgan fingerprint density at radius 1 is 0.966 bits per heavy atom. The van der Waals surface area contributed by atoms with Crippen LogP contribution in [-0.4, -0.2) is 60.3 Å². The molecule has 0 atom stereocenters. The number of aryl methyl sites for hydroxylation is 1. The van der Waals surface area contributed by atoms with Crippen LogP contribution in [0.25, 0.3) is 0 Å². The summed E-state index contributed by atoms with van der Waals surface area (Å²) in [4.78, 5) is 27.3. The molecule has 7 heteroatoms. The Balaban J connectivity index is 1.40. The maximum atomic E-state index is 11.2. The van der Waals surface area contributed by atoms with Gasteiger partial charge in [0.15, 0.2) is 0 Å². The Kier molecular flexibility index (Phi) is 5.56. The van der Waals surface area contributed by atoms with Gasteiger partial charge in [-0.3, -0.25) is 4.79 Å². The number of carboxylic acid groups (broad SMARTS) is 1. The number of carbonyl (C=O) groups is 1. The molecule has 29 heavy (non-hydrogen) atoms. The van der Waals surface area contributed by atoms with Crippen LogP contribution in [0, 0.1) is 19.8 Å². The Hall–Kier alpha value is -2.83. The molecule has 7 nitrogen and oxygen atoms in total. The second-order valence-electron chi connectivity index (χ2n) is 8.01. The van der Waals surface area contributed by atoms with E-state index in [0.717, 1.165) is 51.0 Å². The van der Waals surface area contributed by atoms with E-state index in [1.54, 1.807) is 0 Å². The average Bonchev–Trinajstić information content (AvgIpc) is 2.76. The van der Waals surface area contributed by atoms with Crippen molar-refractivity contribution in [3.8, 4) is 0 Å². The largest absolute Gasteiger partial charge is 0.481 e. The van der Waals surface area contributed by atoms with Crippen LogP contribution >= 0.6 is 0 Å². The normalized spacial score (nSPS) is 18.2. The van der Waals surface area contributed by atoms with Crippen LogP contribution in [0.5, 0.6) is 0 Å². The summed E-state index contributed by atoms with van der Waals surface area (Å²) in [5, 5.41) is 9.19. The van der Waals surface area contributed by atoms with Gasteiger partial charge >= 0.3 is 5.97 Å². The molecule has 0 aliphatic carbocycles. The quantitative estimate of drug-likeness (QED) is 0.853. The molecule has 2 fully saturated rings. The van der Waals surface area contributed by atoms with Crippen LogP contribution in [0.2, 0.25) is 0 Å². The van der Waals surface area contributed by atoms with Gasteiger partial charge < -0.3 is 19.8 Å². The van der Waals surface area contributed by atoms with E-state index < -0.39 is 5.97 Å². The highest BCUT2D eigenvalue weighted by molar-refractivity contribution is 5.70. The monoisotopic (exact) mass is 395 g/mol. The van der Waals surface area contributed by atoms with Gasteiger partial charge in [-0.25, -0.2) is 4.98 Å². The molecule has 154 valence electrons. The van der Waals surface area contributed by atoms with Gasteiger partial charge in [0.1, 0.15) is 5.82 Å². The van der Waals surface area contributed by atoms with E-state index in [4.69, 9.17) is 4.98 Å². The molecule has 0 unspecified atom stereocenters. The predicted octanol–water partition coefficient (Wildman–Crippen LogP) is 2.72. The van der Waals surface area contributed by atoms with E-state index in [1.165, 1.54) is 16.8 Å². The summed E-state index contributed by atoms with van der Waals surface area (Å²) in [5.41, 5.74) is 4.00. The van der Waals surface area contributed by atoms with Crippen molar-refractivity contribution in [2.75, 3.05) is 54.0 Å². The molecule has 2 aromatic rings. The van der Waals surface area contributed by atoms with Crippen LogP contribution < -0.4 is 14.7 Å². The van der Waals surface area contributed by atoms with Gasteiger partial charge in [0.2, 0.25) is 5.95 Å². The molecule has 2 saturated heterocycles. The molecule has 0 bridgehead atoms. The summed E-state index contributed by atoms with van der Waals surface area (Å²) >= 11 is 0. The molecule has 1 aromatic heterocycles. The zero-order chi connectivity index (χ0) is 20.4. The summed E-state index contributed by atoms with van der Waals surface area (Å²) in [5.74, 6) is 0.750. The smallest absolute Gasteiger partial charge is 0.306 e. The van der Waals surface area contributed by atoms with Crippen LogP contribution in [0.15, 0.2) is 30.5 Å². The van der Waals surface area contributed by atoms with E-state index in [2.05, 4.69) is 51.7 Å². The number of aliphatic carboxylic acids is 1. The summed E-state index contributed by atoms with van der Waals surface area (Å²) in [7, 11) is 0. The van der Waals surface area contributed by atoms with Crippen molar-refractivity contribution < 1.29 is 9.90 Å². The van der Waals surface area contributed by atoms with Crippen LogP contribution in [0.3, 0.4) is 0 Å². The number of piperidine rings is 1. The first kappa shape index (κ1) is 19.5. The molecule has 0 saturated carbocycles. The van der Waals surface area contributed by atoms with Gasteiger partial charge in [0, 0.05) is 51.2 Å². The van der Waals surface area contributed by atoms with Gasteiger partial charge in [-0.05, 0) is 49.9 Å². The van der Waals surface area contributed by atoms with E-state index in [9.17, 15) is 9.90 Å². The van der Waals surface area contributed by atoms with Gasteiger partial charge in [0.05, 0.1) is 5.92 Å². The Morgan fingerprint density at radius 3 is 2.34 bits per heavy atom. The molecule has 1 aromatic carbocycles. The number of hydrogen-bond donors (Lipinski definition) is 1. The minimum absolute atomic E-state index is 0.231. The molecule has 1 N–H and O–H groups in total. The highest BCUT2D eigenvalue weighted by Crippen LogP contribution is 2.26. The molecule has 2 aliphatic rings. The second-order valence-corrected chi connectivity index (χ2v) is 8.01. The fourth-order valence-electron chi connectivity index (χ4n) is 4.25. The predicted molar refractivity (Wildman–Crippen MR) is 115 cm³/mol. The van der Waals surface area contributed by atoms with Gasteiger partial charge in [-0.15, -0.1) is 0 Å². The standard InChI is InChI=1S/C22H29N5O2/c1-16-4-3-5-19(17(16)2)25-12-14-27(15-13-25)22-23-9-6-20(24-22)26-10-7-18(8-11-26)21(28)29/h3-6,9,18H,7-8,10-15H2,1-2H3,(H,28,29). The molecule has 3 heterocycles. The van der Waals surface area contributed by atoms with Gasteiger partial charge in [-0.2, -0.15) is 4.98 Å². The lowest BCUT2D eigenvalue weighted by molar-refractivity contribution is -0.142. The van der Waals surface area contributed by atoms with Crippen LogP contribution in [-0.2, 0) is 4.79 Å². The number of aromatic nitrogens is 2. The molecule has 0 amide bonds. The van der Waals surface area contributed by atoms with Gasteiger partial charge in [0.25, 0.3) is 0 Å². The number of carboxylic acids is 1. The third kappa shape index (κ3) is 4.13. The summed E-state index contributed by atoms with van der Waals surface area (Å²) in [6.45, 7) is 9.48. The number of hydrogen-bond acceptors (Lipinski definition) is 6. The van der Waals surface area contributed by atoms with Crippen molar-refractivity contribution in [2.45, 2.75) is 26.7 Å². The maximum Gasteiger partial charge on any atom is 0.306 e. The minimum atomic E-state index is -0.685. The van der Waals surface area contributed by atoms with E-state index >= 15 is 0 Å². The summed E-state index contributed by atoms with van der Waals surface area (Å²) in [6, 6.07) is 8.42. The lowest BCUT2D eigenvalue weighted by Gasteiger charge is -2.37. The fraction of sp³-hybridized carbons (Fsp3) is 0.500. The van der Waals surface area contributed by atoms with Gasteiger partial charge in [-0.1, -0.05) is 12.1 Å².